The third kappa shape index (κ3) is 4.69. The molecule has 0 bridgehead atoms. The summed E-state index contributed by atoms with van der Waals surface area (Å²) in [4.78, 5) is 2.47. The third-order valence-electron chi connectivity index (χ3n) is 4.03. The zero-order valence-corrected chi connectivity index (χ0v) is 11.4. The highest BCUT2D eigenvalue weighted by Gasteiger charge is 2.18. The van der Waals surface area contributed by atoms with Crippen LogP contribution in [0.25, 0.3) is 0 Å². The summed E-state index contributed by atoms with van der Waals surface area (Å²) in [5.41, 5.74) is 1.25. The Morgan fingerprint density at radius 1 is 1.21 bits per heavy atom. The third-order valence-corrected chi connectivity index (χ3v) is 4.03. The molecule has 2 rings (SSSR count). The number of likely N-dealkylation sites (tertiary alicyclic amines) is 1. The molecule has 1 nitrogen and oxygen atoms in total. The van der Waals surface area contributed by atoms with E-state index < -0.39 is 0 Å². The summed E-state index contributed by atoms with van der Waals surface area (Å²) >= 11 is 0. The van der Waals surface area contributed by atoms with Gasteiger partial charge in [-0.3, -0.25) is 0 Å². The van der Waals surface area contributed by atoms with Crippen molar-refractivity contribution in [3.63, 3.8) is 0 Å². The fraction of sp³-hybridized carbons (Fsp3) is 0.529. The Morgan fingerprint density at radius 2 is 1.89 bits per heavy atom. The Kier molecular flexibility index (Phi) is 5.42. The highest BCUT2D eigenvalue weighted by molar-refractivity contribution is 5.16. The molecule has 0 aromatic heterocycles. The predicted molar refractivity (Wildman–Crippen MR) is 77.3 cm³/mol. The van der Waals surface area contributed by atoms with E-state index in [-0.39, 0.29) is 5.82 Å². The first kappa shape index (κ1) is 14.1. The van der Waals surface area contributed by atoms with Gasteiger partial charge in [0.1, 0.15) is 5.82 Å². The molecule has 1 heterocycles. The summed E-state index contributed by atoms with van der Waals surface area (Å²) in [6.45, 7) is 3.40. The van der Waals surface area contributed by atoms with Gasteiger partial charge < -0.3 is 4.90 Å². The molecular weight excluding hydrogens is 237 g/mol. The predicted octanol–water partition coefficient (Wildman–Crippen LogP) is 3.49. The number of nitrogens with zero attached hydrogens (tertiary/aromatic N) is 1. The molecule has 1 aromatic rings. The van der Waals surface area contributed by atoms with Crippen LogP contribution in [0.2, 0.25) is 0 Å². The number of terminal acetylenes is 1. The van der Waals surface area contributed by atoms with Gasteiger partial charge in [0.25, 0.3) is 0 Å². The number of piperidine rings is 1. The lowest BCUT2D eigenvalue weighted by molar-refractivity contribution is 0.182. The van der Waals surface area contributed by atoms with Crippen molar-refractivity contribution in [1.29, 1.82) is 0 Å². The van der Waals surface area contributed by atoms with Crippen LogP contribution in [-0.4, -0.2) is 24.5 Å². The van der Waals surface area contributed by atoms with E-state index in [2.05, 4.69) is 10.8 Å². The lowest BCUT2D eigenvalue weighted by Crippen LogP contribution is -2.34. The number of aryl methyl sites for hydroxylation is 1. The van der Waals surface area contributed by atoms with Gasteiger partial charge in [0.2, 0.25) is 0 Å². The van der Waals surface area contributed by atoms with Gasteiger partial charge in [0.05, 0.1) is 0 Å². The molecule has 1 fully saturated rings. The molecule has 0 aliphatic carbocycles. The maximum atomic E-state index is 12.8. The summed E-state index contributed by atoms with van der Waals surface area (Å²) in [6, 6.07) is 6.91. The van der Waals surface area contributed by atoms with Gasteiger partial charge in [-0.1, -0.05) is 12.1 Å². The van der Waals surface area contributed by atoms with Crippen LogP contribution in [0.4, 0.5) is 4.39 Å². The first-order valence-electron chi connectivity index (χ1n) is 7.18. The topological polar surface area (TPSA) is 3.24 Å². The van der Waals surface area contributed by atoms with Gasteiger partial charge in [0, 0.05) is 13.0 Å². The van der Waals surface area contributed by atoms with Crippen LogP contribution in [0.3, 0.4) is 0 Å². The molecule has 1 aliphatic rings. The minimum Gasteiger partial charge on any atom is -0.302 e. The molecule has 0 radical (unpaired) electrons. The number of benzene rings is 1. The van der Waals surface area contributed by atoms with Gasteiger partial charge in [0.15, 0.2) is 0 Å². The minimum atomic E-state index is -0.148. The Balaban J connectivity index is 1.68. The molecule has 0 N–H and O–H groups in total. The molecule has 0 unspecified atom stereocenters. The zero-order valence-electron chi connectivity index (χ0n) is 11.4. The van der Waals surface area contributed by atoms with Crippen molar-refractivity contribution in [1.82, 2.24) is 4.90 Å². The Labute approximate surface area is 115 Å². The van der Waals surface area contributed by atoms with Crippen LogP contribution in [-0.2, 0) is 6.42 Å². The van der Waals surface area contributed by atoms with Crippen LogP contribution in [0.1, 0.15) is 31.2 Å². The van der Waals surface area contributed by atoms with Gasteiger partial charge >= 0.3 is 0 Å². The molecule has 19 heavy (non-hydrogen) atoms. The van der Waals surface area contributed by atoms with Crippen molar-refractivity contribution in [3.05, 3.63) is 35.6 Å². The maximum absolute atomic E-state index is 12.8. The van der Waals surface area contributed by atoms with Crippen molar-refractivity contribution < 1.29 is 4.39 Å². The number of hydrogen-bond donors (Lipinski definition) is 0. The maximum Gasteiger partial charge on any atom is 0.123 e. The summed E-state index contributed by atoms with van der Waals surface area (Å²) in [6.07, 6.45) is 11.0. The summed E-state index contributed by atoms with van der Waals surface area (Å²) in [5.74, 6) is 3.37. The van der Waals surface area contributed by atoms with Gasteiger partial charge in [-0.15, -0.1) is 12.3 Å². The highest BCUT2D eigenvalue weighted by atomic mass is 19.1. The fourth-order valence-electron chi connectivity index (χ4n) is 2.74. The van der Waals surface area contributed by atoms with Crippen LogP contribution in [0, 0.1) is 24.1 Å². The zero-order chi connectivity index (χ0) is 13.5. The van der Waals surface area contributed by atoms with Gasteiger partial charge in [-0.05, 0) is 62.4 Å². The first-order valence-corrected chi connectivity index (χ1v) is 7.18. The van der Waals surface area contributed by atoms with Crippen molar-refractivity contribution >= 4 is 0 Å². The fourth-order valence-corrected chi connectivity index (χ4v) is 2.74. The van der Waals surface area contributed by atoms with Crippen LogP contribution >= 0.6 is 0 Å². The van der Waals surface area contributed by atoms with Crippen molar-refractivity contribution in [3.8, 4) is 12.3 Å². The quantitative estimate of drug-likeness (QED) is 0.732. The Morgan fingerprint density at radius 3 is 2.53 bits per heavy atom. The van der Waals surface area contributed by atoms with E-state index in [0.29, 0.717) is 0 Å². The van der Waals surface area contributed by atoms with E-state index in [1.807, 2.05) is 12.1 Å². The molecule has 1 aromatic carbocycles. The molecule has 2 heteroatoms. The second-order valence-electron chi connectivity index (χ2n) is 5.40. The van der Waals surface area contributed by atoms with E-state index in [0.717, 1.165) is 25.3 Å². The summed E-state index contributed by atoms with van der Waals surface area (Å²) < 4.78 is 12.8. The van der Waals surface area contributed by atoms with Crippen molar-refractivity contribution in [2.45, 2.75) is 32.1 Å². The Hall–Kier alpha value is -1.33. The molecule has 1 saturated heterocycles. The average Bonchev–Trinajstić information content (AvgIpc) is 2.46. The molecule has 0 amide bonds. The van der Waals surface area contributed by atoms with Crippen molar-refractivity contribution in [2.75, 3.05) is 19.6 Å². The van der Waals surface area contributed by atoms with Crippen LogP contribution in [0.15, 0.2) is 24.3 Å². The number of hydrogen-bond acceptors (Lipinski definition) is 1. The van der Waals surface area contributed by atoms with E-state index in [4.69, 9.17) is 6.42 Å². The van der Waals surface area contributed by atoms with E-state index >= 15 is 0 Å². The largest absolute Gasteiger partial charge is 0.302 e. The number of rotatable bonds is 5. The Bertz CT molecular complexity index is 410. The summed E-state index contributed by atoms with van der Waals surface area (Å²) in [7, 11) is 0. The second-order valence-corrected chi connectivity index (χ2v) is 5.40. The van der Waals surface area contributed by atoms with Crippen LogP contribution in [0.5, 0.6) is 0 Å². The molecule has 0 atom stereocenters. The molecule has 1 aliphatic heterocycles. The standard InChI is InChI=1S/C17H22FN/c1-2-3-12-19-13-10-16(11-14-19)5-4-15-6-8-17(18)9-7-15/h1,6-9,16H,3-5,10-14H2. The van der Waals surface area contributed by atoms with E-state index in [1.165, 1.54) is 37.9 Å². The molecule has 0 saturated carbocycles. The number of halogens is 1. The lowest BCUT2D eigenvalue weighted by Gasteiger charge is -2.31. The normalized spacial score (nSPS) is 17.3. The van der Waals surface area contributed by atoms with E-state index in [1.54, 1.807) is 12.1 Å². The average molecular weight is 259 g/mol. The first-order chi connectivity index (χ1) is 9.28. The highest BCUT2D eigenvalue weighted by Crippen LogP contribution is 2.22. The molecular formula is C17H22FN. The molecule has 0 spiro atoms. The molecule has 102 valence electrons. The minimum absolute atomic E-state index is 0.148. The van der Waals surface area contributed by atoms with Crippen molar-refractivity contribution in [2.24, 2.45) is 5.92 Å². The van der Waals surface area contributed by atoms with E-state index in [9.17, 15) is 4.39 Å². The smallest absolute Gasteiger partial charge is 0.123 e. The lowest BCUT2D eigenvalue weighted by atomic mass is 9.90. The van der Waals surface area contributed by atoms with Gasteiger partial charge in [-0.25, -0.2) is 4.39 Å². The van der Waals surface area contributed by atoms with Crippen LogP contribution < -0.4 is 0 Å². The second kappa shape index (κ2) is 7.31. The summed E-state index contributed by atoms with van der Waals surface area (Å²) in [5, 5.41) is 0. The SMILES string of the molecule is C#CCCN1CCC(CCc2ccc(F)cc2)CC1. The monoisotopic (exact) mass is 259 g/mol. The van der Waals surface area contributed by atoms with Gasteiger partial charge in [-0.2, -0.15) is 0 Å².